The lowest BCUT2D eigenvalue weighted by molar-refractivity contribution is -0.138. The highest BCUT2D eigenvalue weighted by Crippen LogP contribution is 2.33. The van der Waals surface area contributed by atoms with Gasteiger partial charge in [-0.05, 0) is 77.0 Å². The quantitative estimate of drug-likeness (QED) is 0.156. The first-order chi connectivity index (χ1) is 20.9. The number of carboxylic acids is 1. The number of nitrogens with one attached hydrogen (secondary N) is 1. The number of carbonyl (C=O) groups is 4. The van der Waals surface area contributed by atoms with E-state index in [-0.39, 0.29) is 47.6 Å². The molecular weight excluding hydrogens is 630 g/mol. The van der Waals surface area contributed by atoms with Crippen molar-refractivity contribution in [2.75, 3.05) is 5.32 Å². The molecule has 4 heterocycles. The summed E-state index contributed by atoms with van der Waals surface area (Å²) in [5.41, 5.74) is 3.50. The van der Waals surface area contributed by atoms with E-state index >= 15 is 0 Å². The molecule has 0 radical (unpaired) electrons. The van der Waals surface area contributed by atoms with Gasteiger partial charge in [0.05, 0.1) is 11.6 Å². The summed E-state index contributed by atoms with van der Waals surface area (Å²) in [6.45, 7) is 10.8. The lowest BCUT2D eigenvalue weighted by Gasteiger charge is -2.29. The maximum absolute atomic E-state index is 14.0. The number of hydrogen-bond acceptors (Lipinski definition) is 8. The van der Waals surface area contributed by atoms with Crippen molar-refractivity contribution in [2.45, 2.75) is 52.7 Å². The molecule has 0 aliphatic carbocycles. The number of carbonyl (C=O) groups excluding carboxylic acids is 3. The molecule has 12 nitrogen and oxygen atoms in total. The van der Waals surface area contributed by atoms with E-state index in [1.54, 1.807) is 23.1 Å². The number of hydrogen-bond donors (Lipinski definition) is 2. The number of amides is 2. The van der Waals surface area contributed by atoms with Crippen molar-refractivity contribution in [3.63, 3.8) is 0 Å². The van der Waals surface area contributed by atoms with E-state index in [2.05, 4.69) is 47.9 Å². The van der Waals surface area contributed by atoms with Crippen LogP contribution in [0.4, 0.5) is 5.82 Å². The van der Waals surface area contributed by atoms with Crippen LogP contribution in [0.2, 0.25) is 0 Å². The largest absolute Gasteiger partial charge is 0.475 e. The Labute approximate surface area is 261 Å². The molecule has 0 bridgehead atoms. The van der Waals surface area contributed by atoms with Gasteiger partial charge < -0.3 is 15.3 Å². The van der Waals surface area contributed by atoms with Gasteiger partial charge in [0.25, 0.3) is 0 Å². The van der Waals surface area contributed by atoms with Crippen molar-refractivity contribution in [1.29, 1.82) is 0 Å². The second-order valence-electron chi connectivity index (χ2n) is 10.9. The number of Topliss-reactive ketones (excluding diaryl/α,β-unsaturated/α-hetero) is 1. The number of carboxylic acid groups (broad SMARTS) is 1. The van der Waals surface area contributed by atoms with Crippen LogP contribution in [0.5, 0.6) is 0 Å². The van der Waals surface area contributed by atoms with Crippen LogP contribution in [-0.4, -0.2) is 70.4 Å². The third kappa shape index (κ3) is 5.74. The third-order valence-corrected chi connectivity index (χ3v) is 8.24. The van der Waals surface area contributed by atoms with Gasteiger partial charge in [-0.25, -0.2) is 19.7 Å². The van der Waals surface area contributed by atoms with Gasteiger partial charge in [0.15, 0.2) is 5.78 Å². The zero-order chi connectivity index (χ0) is 31.9. The van der Waals surface area contributed by atoms with Crippen LogP contribution in [0.1, 0.15) is 52.5 Å². The summed E-state index contributed by atoms with van der Waals surface area (Å²) >= 11 is 3.33. The molecule has 0 spiro atoms. The summed E-state index contributed by atoms with van der Waals surface area (Å²) in [5, 5.41) is 17.1. The maximum Gasteiger partial charge on any atom is 0.373 e. The van der Waals surface area contributed by atoms with Gasteiger partial charge in [-0.15, -0.1) is 6.58 Å². The molecule has 2 N–H and O–H groups in total. The number of ketones is 1. The average molecular weight is 661 g/mol. The van der Waals surface area contributed by atoms with Gasteiger partial charge in [-0.3, -0.25) is 19.1 Å². The number of likely N-dealkylation sites (tertiary alicyclic amines) is 1. The predicted octanol–water partition coefficient (Wildman–Crippen LogP) is 4.60. The van der Waals surface area contributed by atoms with Crippen LogP contribution in [0.3, 0.4) is 0 Å². The standard InChI is InChI=1S/C31H30BrN7O5/c1-6-22-16(3)10-23(30(42)36-28-15(2)7-8-24(32)35-28)39(22)25(41)14-38-27-17(4)9-19(11-21(27)26(37-38)18(5)40)20-12-33-29(31(43)44)34-13-20/h6-9,11-13,16,22-23H,1,10,14H2,2-5H3,(H,43,44)(H,35,36,42)/t16-,22+,23-/m0/s1. The van der Waals surface area contributed by atoms with Crippen LogP contribution in [0.25, 0.3) is 22.0 Å². The molecule has 2 amide bonds. The number of fused-ring (bicyclic) bond motifs is 1. The van der Waals surface area contributed by atoms with Gasteiger partial charge in [0, 0.05) is 30.3 Å². The molecule has 44 heavy (non-hydrogen) atoms. The molecule has 226 valence electrons. The van der Waals surface area contributed by atoms with Gasteiger partial charge in [-0.2, -0.15) is 5.10 Å². The molecular formula is C31H30BrN7O5. The van der Waals surface area contributed by atoms with Crippen molar-refractivity contribution < 1.29 is 24.3 Å². The summed E-state index contributed by atoms with van der Waals surface area (Å²) in [7, 11) is 0. The van der Waals surface area contributed by atoms with Crippen LogP contribution >= 0.6 is 15.9 Å². The number of aromatic carboxylic acids is 1. The van der Waals surface area contributed by atoms with Crippen molar-refractivity contribution in [3.05, 3.63) is 76.6 Å². The molecule has 1 aromatic carbocycles. The minimum absolute atomic E-state index is 0.0232. The second kappa shape index (κ2) is 12.1. The van der Waals surface area contributed by atoms with E-state index in [1.807, 2.05) is 32.9 Å². The Kier molecular flexibility index (Phi) is 8.42. The molecule has 5 rings (SSSR count). The Bertz CT molecular complexity index is 1840. The molecule has 1 aliphatic heterocycles. The van der Waals surface area contributed by atoms with Gasteiger partial charge in [-0.1, -0.05) is 19.1 Å². The zero-order valence-electron chi connectivity index (χ0n) is 24.5. The summed E-state index contributed by atoms with van der Waals surface area (Å²) < 4.78 is 2.07. The number of halogens is 1. The molecule has 1 saturated heterocycles. The number of aromatic nitrogens is 5. The van der Waals surface area contributed by atoms with Crippen molar-refractivity contribution >= 4 is 56.2 Å². The van der Waals surface area contributed by atoms with E-state index in [4.69, 9.17) is 5.11 Å². The lowest BCUT2D eigenvalue weighted by Crippen LogP contribution is -2.48. The minimum Gasteiger partial charge on any atom is -0.475 e. The normalized spacial score (nSPS) is 17.9. The maximum atomic E-state index is 14.0. The van der Waals surface area contributed by atoms with Gasteiger partial charge in [0.1, 0.15) is 28.7 Å². The van der Waals surface area contributed by atoms with E-state index in [0.717, 1.165) is 11.1 Å². The van der Waals surface area contributed by atoms with E-state index in [9.17, 15) is 19.2 Å². The van der Waals surface area contributed by atoms with Crippen LogP contribution in [-0.2, 0) is 16.1 Å². The second-order valence-corrected chi connectivity index (χ2v) is 11.7. The van der Waals surface area contributed by atoms with E-state index in [0.29, 0.717) is 38.9 Å². The van der Waals surface area contributed by atoms with Crippen LogP contribution in [0.15, 0.2) is 53.9 Å². The predicted molar refractivity (Wildman–Crippen MR) is 166 cm³/mol. The summed E-state index contributed by atoms with van der Waals surface area (Å²) in [5.74, 6) is -2.17. The van der Waals surface area contributed by atoms with Gasteiger partial charge >= 0.3 is 5.97 Å². The highest BCUT2D eigenvalue weighted by molar-refractivity contribution is 9.10. The number of anilines is 1. The molecule has 13 heteroatoms. The lowest BCUT2D eigenvalue weighted by atomic mass is 10.0. The number of pyridine rings is 1. The first-order valence-electron chi connectivity index (χ1n) is 13.8. The number of aryl methyl sites for hydroxylation is 2. The van der Waals surface area contributed by atoms with E-state index < -0.39 is 12.0 Å². The first-order valence-corrected chi connectivity index (χ1v) is 14.6. The van der Waals surface area contributed by atoms with Crippen molar-refractivity contribution in [2.24, 2.45) is 5.92 Å². The zero-order valence-corrected chi connectivity index (χ0v) is 26.1. The Morgan fingerprint density at radius 1 is 1.11 bits per heavy atom. The summed E-state index contributed by atoms with van der Waals surface area (Å²) in [4.78, 5) is 65.1. The third-order valence-electron chi connectivity index (χ3n) is 7.80. The fourth-order valence-electron chi connectivity index (χ4n) is 5.70. The average Bonchev–Trinajstić information content (AvgIpc) is 3.52. The number of rotatable bonds is 8. The molecule has 1 fully saturated rings. The number of nitrogens with zero attached hydrogens (tertiary/aromatic N) is 6. The fourth-order valence-corrected chi connectivity index (χ4v) is 6.01. The summed E-state index contributed by atoms with van der Waals surface area (Å²) in [6, 6.07) is 6.05. The molecule has 0 saturated carbocycles. The highest BCUT2D eigenvalue weighted by atomic mass is 79.9. The first kappa shape index (κ1) is 30.7. The highest BCUT2D eigenvalue weighted by Gasteiger charge is 2.44. The number of benzene rings is 1. The van der Waals surface area contributed by atoms with Crippen LogP contribution < -0.4 is 5.32 Å². The summed E-state index contributed by atoms with van der Waals surface area (Å²) in [6.07, 6.45) is 4.92. The Morgan fingerprint density at radius 3 is 2.45 bits per heavy atom. The molecule has 3 atom stereocenters. The Hall–Kier alpha value is -4.78. The smallest absolute Gasteiger partial charge is 0.373 e. The SMILES string of the molecule is C=C[C@@H]1[C@@H](C)C[C@@H](C(=O)Nc2nc(Br)ccc2C)N1C(=O)Cn1nc(C(C)=O)c2cc(-c3cnc(C(=O)O)nc3)cc(C)c21. The molecule has 1 aliphatic rings. The molecule has 0 unspecified atom stereocenters. The van der Waals surface area contributed by atoms with Crippen molar-refractivity contribution in [1.82, 2.24) is 29.6 Å². The molecule has 4 aromatic rings. The topological polar surface area (TPSA) is 160 Å². The minimum atomic E-state index is -1.24. The van der Waals surface area contributed by atoms with Gasteiger partial charge in [0.2, 0.25) is 17.6 Å². The Balaban J connectivity index is 1.49. The fraction of sp³-hybridized carbons (Fsp3) is 0.290. The molecule has 3 aromatic heterocycles. The van der Waals surface area contributed by atoms with Crippen LogP contribution in [0, 0.1) is 19.8 Å². The van der Waals surface area contributed by atoms with E-state index in [1.165, 1.54) is 24.0 Å². The van der Waals surface area contributed by atoms with Crippen molar-refractivity contribution in [3.8, 4) is 11.1 Å². The Morgan fingerprint density at radius 2 is 1.82 bits per heavy atom. The monoisotopic (exact) mass is 659 g/mol.